The minimum absolute atomic E-state index is 0.725. The van der Waals surface area contributed by atoms with E-state index in [1.807, 2.05) is 7.05 Å². The smallest absolute Gasteiger partial charge is 0.183 e. The molecule has 0 spiro atoms. The fraction of sp³-hybridized carbons (Fsp3) is 0.500. The van der Waals surface area contributed by atoms with Crippen LogP contribution in [0.3, 0.4) is 0 Å². The summed E-state index contributed by atoms with van der Waals surface area (Å²) >= 11 is 0. The van der Waals surface area contributed by atoms with Gasteiger partial charge in [0.15, 0.2) is 17.0 Å². The first-order valence-corrected chi connectivity index (χ1v) is 4.57. The van der Waals surface area contributed by atoms with Crippen LogP contribution >= 0.6 is 0 Å². The average Bonchev–Trinajstić information content (AvgIpc) is 2.58. The highest BCUT2D eigenvalue weighted by Gasteiger charge is 2.07. The Balaban J connectivity index is 2.44. The van der Waals surface area contributed by atoms with Gasteiger partial charge in [-0.1, -0.05) is 12.1 Å². The van der Waals surface area contributed by atoms with Gasteiger partial charge in [0.2, 0.25) is 0 Å². The molecule has 0 aromatic carbocycles. The van der Waals surface area contributed by atoms with Gasteiger partial charge in [-0.2, -0.15) is 0 Å². The number of fused-ring (bicyclic) bond motifs is 1. The second-order valence-corrected chi connectivity index (χ2v) is 3.03. The van der Waals surface area contributed by atoms with Gasteiger partial charge in [-0.05, 0) is 6.42 Å². The van der Waals surface area contributed by atoms with Crippen molar-refractivity contribution in [2.45, 2.75) is 13.3 Å². The molecule has 0 unspecified atom stereocenters. The number of anilines is 1. The van der Waals surface area contributed by atoms with Gasteiger partial charge >= 0.3 is 0 Å². The van der Waals surface area contributed by atoms with Crippen molar-refractivity contribution in [3.05, 3.63) is 6.33 Å². The van der Waals surface area contributed by atoms with Crippen molar-refractivity contribution in [1.82, 2.24) is 25.0 Å². The van der Waals surface area contributed by atoms with E-state index in [-0.39, 0.29) is 0 Å². The largest absolute Gasteiger partial charge is 0.368 e. The summed E-state index contributed by atoms with van der Waals surface area (Å²) in [5.74, 6) is 0.755. The van der Waals surface area contributed by atoms with E-state index in [1.54, 1.807) is 4.68 Å². The van der Waals surface area contributed by atoms with Gasteiger partial charge in [0.25, 0.3) is 0 Å². The van der Waals surface area contributed by atoms with Crippen LogP contribution in [0.2, 0.25) is 0 Å². The fourth-order valence-corrected chi connectivity index (χ4v) is 1.23. The summed E-state index contributed by atoms with van der Waals surface area (Å²) in [7, 11) is 1.81. The summed E-state index contributed by atoms with van der Waals surface area (Å²) in [5.41, 5.74) is 1.47. The van der Waals surface area contributed by atoms with Crippen molar-refractivity contribution < 1.29 is 0 Å². The van der Waals surface area contributed by atoms with Crippen molar-refractivity contribution in [2.24, 2.45) is 7.05 Å². The van der Waals surface area contributed by atoms with Crippen molar-refractivity contribution in [3.8, 4) is 0 Å². The fourth-order valence-electron chi connectivity index (χ4n) is 1.23. The number of rotatable bonds is 3. The molecular weight excluding hydrogens is 180 g/mol. The van der Waals surface area contributed by atoms with Gasteiger partial charge in [-0.3, -0.25) is 0 Å². The lowest BCUT2D eigenvalue weighted by atomic mass is 10.4. The highest BCUT2D eigenvalue weighted by molar-refractivity contribution is 5.81. The molecule has 2 heterocycles. The molecule has 2 aromatic rings. The maximum absolute atomic E-state index is 4.12. The highest BCUT2D eigenvalue weighted by Crippen LogP contribution is 2.14. The van der Waals surface area contributed by atoms with E-state index in [0.29, 0.717) is 0 Å². The molecule has 0 bridgehead atoms. The molecule has 6 heteroatoms. The van der Waals surface area contributed by atoms with Crippen LogP contribution < -0.4 is 5.32 Å². The Bertz CT molecular complexity index is 434. The predicted octanol–water partition coefficient (Wildman–Crippen LogP) is 0.580. The van der Waals surface area contributed by atoms with Gasteiger partial charge in [-0.15, -0.1) is 5.10 Å². The Morgan fingerprint density at radius 3 is 3.07 bits per heavy atom. The van der Waals surface area contributed by atoms with Crippen LogP contribution in [0.5, 0.6) is 0 Å². The van der Waals surface area contributed by atoms with E-state index in [9.17, 15) is 0 Å². The normalized spacial score (nSPS) is 10.7. The Kier molecular flexibility index (Phi) is 2.26. The van der Waals surface area contributed by atoms with Crippen LogP contribution in [0.4, 0.5) is 5.82 Å². The van der Waals surface area contributed by atoms with E-state index in [2.05, 4.69) is 32.5 Å². The average molecular weight is 192 g/mol. The summed E-state index contributed by atoms with van der Waals surface area (Å²) in [6, 6.07) is 0. The lowest BCUT2D eigenvalue weighted by Gasteiger charge is -2.02. The van der Waals surface area contributed by atoms with Gasteiger partial charge in [-0.25, -0.2) is 14.6 Å². The maximum Gasteiger partial charge on any atom is 0.183 e. The summed E-state index contributed by atoms with van der Waals surface area (Å²) in [6.45, 7) is 2.98. The Morgan fingerprint density at radius 1 is 1.43 bits per heavy atom. The van der Waals surface area contributed by atoms with Crippen LogP contribution in [-0.2, 0) is 7.05 Å². The molecule has 1 N–H and O–H groups in total. The minimum atomic E-state index is 0.725. The van der Waals surface area contributed by atoms with Crippen molar-refractivity contribution in [2.75, 3.05) is 11.9 Å². The maximum atomic E-state index is 4.12. The van der Waals surface area contributed by atoms with Gasteiger partial charge in [0.05, 0.1) is 0 Å². The molecule has 14 heavy (non-hydrogen) atoms. The molecule has 2 rings (SSSR count). The molecule has 0 amide bonds. The first kappa shape index (κ1) is 8.86. The van der Waals surface area contributed by atoms with Gasteiger partial charge in [0.1, 0.15) is 6.33 Å². The number of aryl methyl sites for hydroxylation is 1. The van der Waals surface area contributed by atoms with Gasteiger partial charge in [0, 0.05) is 13.6 Å². The number of aromatic nitrogens is 5. The zero-order chi connectivity index (χ0) is 9.97. The Morgan fingerprint density at radius 2 is 2.29 bits per heavy atom. The number of nitrogens with zero attached hydrogens (tertiary/aromatic N) is 5. The standard InChI is InChI=1S/C8H12N6/c1-3-4-9-7-6-8(11-5-10-7)14(2)13-12-6/h5H,3-4H2,1-2H3,(H,9,10,11). The molecule has 0 fully saturated rings. The molecule has 74 valence electrons. The minimum Gasteiger partial charge on any atom is -0.368 e. The SMILES string of the molecule is CCCNc1ncnc2c1nnn2C. The van der Waals surface area contributed by atoms with E-state index < -0.39 is 0 Å². The zero-order valence-electron chi connectivity index (χ0n) is 8.23. The summed E-state index contributed by atoms with van der Waals surface area (Å²) < 4.78 is 1.63. The zero-order valence-corrected chi connectivity index (χ0v) is 8.23. The summed E-state index contributed by atoms with van der Waals surface area (Å²) in [5, 5.41) is 11.1. The Labute approximate surface area is 81.4 Å². The Hall–Kier alpha value is -1.72. The molecule has 2 aromatic heterocycles. The number of hydrogen-bond donors (Lipinski definition) is 1. The first-order chi connectivity index (χ1) is 6.83. The van der Waals surface area contributed by atoms with Crippen LogP contribution in [0.25, 0.3) is 11.2 Å². The van der Waals surface area contributed by atoms with E-state index in [0.717, 1.165) is 29.9 Å². The monoisotopic (exact) mass is 192 g/mol. The van der Waals surface area contributed by atoms with Crippen molar-refractivity contribution >= 4 is 17.0 Å². The molecule has 0 saturated carbocycles. The summed E-state index contributed by atoms with van der Waals surface area (Å²) in [6.07, 6.45) is 2.56. The molecule has 6 nitrogen and oxygen atoms in total. The van der Waals surface area contributed by atoms with Crippen LogP contribution in [0.15, 0.2) is 6.33 Å². The lowest BCUT2D eigenvalue weighted by Crippen LogP contribution is -2.03. The summed E-state index contributed by atoms with van der Waals surface area (Å²) in [4.78, 5) is 8.22. The van der Waals surface area contributed by atoms with E-state index in [4.69, 9.17) is 0 Å². The molecule has 0 saturated heterocycles. The van der Waals surface area contributed by atoms with E-state index in [1.165, 1.54) is 6.33 Å². The topological polar surface area (TPSA) is 68.5 Å². The second kappa shape index (κ2) is 3.57. The second-order valence-electron chi connectivity index (χ2n) is 3.03. The van der Waals surface area contributed by atoms with Gasteiger partial charge < -0.3 is 5.32 Å². The van der Waals surface area contributed by atoms with Crippen LogP contribution in [-0.4, -0.2) is 31.5 Å². The number of hydrogen-bond acceptors (Lipinski definition) is 5. The quantitative estimate of drug-likeness (QED) is 0.770. The van der Waals surface area contributed by atoms with Crippen LogP contribution in [0.1, 0.15) is 13.3 Å². The highest BCUT2D eigenvalue weighted by atomic mass is 15.4. The third-order valence-corrected chi connectivity index (χ3v) is 1.93. The van der Waals surface area contributed by atoms with Crippen molar-refractivity contribution in [3.63, 3.8) is 0 Å². The molecule has 0 aliphatic heterocycles. The third kappa shape index (κ3) is 1.39. The molecule has 0 aliphatic carbocycles. The van der Waals surface area contributed by atoms with Crippen LogP contribution in [0, 0.1) is 0 Å². The van der Waals surface area contributed by atoms with E-state index >= 15 is 0 Å². The first-order valence-electron chi connectivity index (χ1n) is 4.57. The lowest BCUT2D eigenvalue weighted by molar-refractivity contribution is 0.729. The predicted molar refractivity (Wildman–Crippen MR) is 52.9 cm³/mol. The number of nitrogens with one attached hydrogen (secondary N) is 1. The molecular formula is C8H12N6. The molecule has 0 atom stereocenters. The van der Waals surface area contributed by atoms with Crippen molar-refractivity contribution in [1.29, 1.82) is 0 Å². The molecule has 0 aliphatic rings. The third-order valence-electron chi connectivity index (χ3n) is 1.93. The molecule has 0 radical (unpaired) electrons.